The first-order chi connectivity index (χ1) is 23.9. The van der Waals surface area contributed by atoms with Gasteiger partial charge in [0, 0.05) is 68.3 Å². The van der Waals surface area contributed by atoms with Crippen molar-refractivity contribution in [1.82, 2.24) is 10.2 Å². The van der Waals surface area contributed by atoms with Gasteiger partial charge in [-0.05, 0) is 36.8 Å². The van der Waals surface area contributed by atoms with Crippen molar-refractivity contribution < 1.29 is 42.9 Å². The van der Waals surface area contributed by atoms with E-state index < -0.39 is 41.6 Å². The molecule has 3 aromatic rings. The van der Waals surface area contributed by atoms with Gasteiger partial charge in [-0.25, -0.2) is 14.4 Å². The number of carbonyl (C=O) groups is 5. The van der Waals surface area contributed by atoms with Gasteiger partial charge < -0.3 is 29.2 Å². The van der Waals surface area contributed by atoms with E-state index in [1.807, 2.05) is 56.3 Å². The molecule has 0 aromatic heterocycles. The van der Waals surface area contributed by atoms with Crippen molar-refractivity contribution in [2.45, 2.75) is 57.2 Å². The predicted molar refractivity (Wildman–Crippen MR) is 188 cm³/mol. The van der Waals surface area contributed by atoms with Crippen LogP contribution in [0.5, 0.6) is 17.2 Å². The Morgan fingerprint density at radius 3 is 2.32 bits per heavy atom. The Bertz CT molecular complexity index is 1810. The predicted octanol–water partition coefficient (Wildman–Crippen LogP) is 5.64. The second-order valence-corrected chi connectivity index (χ2v) is 13.5. The molecule has 2 heterocycles. The number of anilines is 1. The van der Waals surface area contributed by atoms with Crippen molar-refractivity contribution in [1.29, 1.82) is 0 Å². The molecule has 0 saturated heterocycles. The lowest BCUT2D eigenvalue weighted by molar-refractivity contribution is -0.145. The molecule has 1 spiro atoms. The Morgan fingerprint density at radius 2 is 1.64 bits per heavy atom. The number of unbranched alkanes of at least 4 members (excludes halogenated alkanes) is 2. The molecule has 13 heteroatoms. The third kappa shape index (κ3) is 7.14. The Morgan fingerprint density at radius 1 is 0.940 bits per heavy atom. The first kappa shape index (κ1) is 36.2. The average molecular weight is 704 g/mol. The molecule has 0 bridgehead atoms. The van der Waals surface area contributed by atoms with E-state index in [4.69, 9.17) is 18.9 Å². The van der Waals surface area contributed by atoms with Gasteiger partial charge in [-0.1, -0.05) is 56.1 Å². The van der Waals surface area contributed by atoms with E-state index in [0.29, 0.717) is 46.6 Å². The van der Waals surface area contributed by atoms with E-state index in [2.05, 4.69) is 5.32 Å². The Hall–Kier alpha value is -5.04. The van der Waals surface area contributed by atoms with Crippen LogP contribution in [-0.4, -0.2) is 80.0 Å². The number of ether oxygens (including phenoxy) is 4. The maximum Gasteiger partial charge on any atom is 0.415 e. The number of benzene rings is 3. The van der Waals surface area contributed by atoms with Crippen LogP contribution in [0.1, 0.15) is 66.6 Å². The fraction of sp³-hybridized carbons (Fsp3) is 0.378. The van der Waals surface area contributed by atoms with Crippen molar-refractivity contribution in [2.75, 3.05) is 38.9 Å². The number of carbonyl (C=O) groups excluding carboxylic acids is 5. The number of rotatable bonds is 12. The smallest absolute Gasteiger partial charge is 0.415 e. The summed E-state index contributed by atoms with van der Waals surface area (Å²) in [6.07, 6.45) is 1.96. The normalized spacial score (nSPS) is 16.5. The summed E-state index contributed by atoms with van der Waals surface area (Å²) in [6.45, 7) is 3.38. The van der Waals surface area contributed by atoms with E-state index in [0.717, 1.165) is 35.2 Å². The van der Waals surface area contributed by atoms with Crippen LogP contribution in [0.2, 0.25) is 0 Å². The molecule has 0 fully saturated rings. The average Bonchev–Trinajstić information content (AvgIpc) is 3.39. The van der Waals surface area contributed by atoms with Gasteiger partial charge in [0.15, 0.2) is 10.7 Å². The number of likely N-dealkylation sites (N-methyl/N-ethyl adjacent to an activating group) is 1. The maximum atomic E-state index is 13.6. The van der Waals surface area contributed by atoms with Crippen LogP contribution < -0.4 is 19.7 Å². The largest absolute Gasteiger partial charge is 0.467 e. The summed E-state index contributed by atoms with van der Waals surface area (Å²) in [5.74, 6) is -0.894. The maximum absolute atomic E-state index is 13.6. The molecule has 2 aliphatic heterocycles. The fourth-order valence-electron chi connectivity index (χ4n) is 6.10. The summed E-state index contributed by atoms with van der Waals surface area (Å²) in [5, 5.41) is 2.45. The lowest BCUT2D eigenvalue weighted by atomic mass is 9.77. The van der Waals surface area contributed by atoms with Crippen molar-refractivity contribution in [3.8, 4) is 17.2 Å². The molecule has 2 amide bonds. The zero-order valence-electron chi connectivity index (χ0n) is 28.9. The lowest BCUT2D eigenvalue weighted by Crippen LogP contribution is -2.54. The van der Waals surface area contributed by atoms with Gasteiger partial charge in [0.25, 0.3) is 0 Å². The van der Waals surface area contributed by atoms with Gasteiger partial charge in [0.2, 0.25) is 5.91 Å². The van der Waals surface area contributed by atoms with Gasteiger partial charge >= 0.3 is 18.0 Å². The van der Waals surface area contributed by atoms with E-state index in [1.165, 1.54) is 27.1 Å². The Balaban J connectivity index is 1.44. The molecule has 12 nitrogen and oxygen atoms in total. The zero-order chi connectivity index (χ0) is 36.2. The van der Waals surface area contributed by atoms with Crippen molar-refractivity contribution in [3.05, 3.63) is 82.9 Å². The van der Waals surface area contributed by atoms with Gasteiger partial charge in [-0.15, -0.1) is 0 Å². The number of esters is 2. The molecule has 2 aliphatic rings. The minimum absolute atomic E-state index is 0.0682. The quantitative estimate of drug-likeness (QED) is 0.185. The molecule has 264 valence electrons. The van der Waals surface area contributed by atoms with Crippen molar-refractivity contribution >= 4 is 46.5 Å². The zero-order valence-corrected chi connectivity index (χ0v) is 29.8. The highest BCUT2D eigenvalue weighted by atomic mass is 32.2. The molecule has 5 rings (SSSR count). The molecular formula is C37H41N3O9S. The molecule has 0 radical (unpaired) electrons. The third-order valence-electron chi connectivity index (χ3n) is 8.79. The summed E-state index contributed by atoms with van der Waals surface area (Å²) in [7, 11) is 6.43. The number of methoxy groups -OCH3 is 1. The van der Waals surface area contributed by atoms with Gasteiger partial charge in [-0.3, -0.25) is 14.5 Å². The van der Waals surface area contributed by atoms with E-state index in [1.54, 1.807) is 24.3 Å². The number of nitrogens with zero attached hydrogens (tertiary/aromatic N) is 2. The molecule has 0 saturated carbocycles. The topological polar surface area (TPSA) is 141 Å². The van der Waals surface area contributed by atoms with E-state index in [9.17, 15) is 24.0 Å². The minimum atomic E-state index is -1.30. The molecule has 3 aromatic carbocycles. The van der Waals surface area contributed by atoms with Crippen LogP contribution in [0.25, 0.3) is 0 Å². The second-order valence-electron chi connectivity index (χ2n) is 12.3. The van der Waals surface area contributed by atoms with E-state index >= 15 is 0 Å². The fourth-order valence-corrected chi connectivity index (χ4v) is 6.87. The van der Waals surface area contributed by atoms with Crippen LogP contribution in [0.4, 0.5) is 10.5 Å². The first-order valence-electron chi connectivity index (χ1n) is 16.3. The van der Waals surface area contributed by atoms with Crippen LogP contribution >= 0.6 is 11.8 Å². The monoisotopic (exact) mass is 703 g/mol. The summed E-state index contributed by atoms with van der Waals surface area (Å²) >= 11 is 0.873. The van der Waals surface area contributed by atoms with Crippen LogP contribution in [0.3, 0.4) is 0 Å². The number of thioether (sulfide) groups is 1. The van der Waals surface area contributed by atoms with Crippen molar-refractivity contribution in [2.24, 2.45) is 0 Å². The Kier molecular flexibility index (Phi) is 11.0. The lowest BCUT2D eigenvalue weighted by Gasteiger charge is -2.37. The van der Waals surface area contributed by atoms with Crippen LogP contribution in [0.15, 0.2) is 60.7 Å². The Labute approximate surface area is 295 Å². The number of hydrogen-bond acceptors (Lipinski definition) is 11. The number of amides is 2. The summed E-state index contributed by atoms with van der Waals surface area (Å²) in [6, 6.07) is 15.5. The summed E-state index contributed by atoms with van der Waals surface area (Å²) in [4.78, 5) is 67.6. The first-order valence-corrected chi connectivity index (χ1v) is 17.3. The minimum Gasteiger partial charge on any atom is -0.467 e. The molecular weight excluding hydrogens is 662 g/mol. The highest BCUT2D eigenvalue weighted by molar-refractivity contribution is 8.13. The molecule has 1 unspecified atom stereocenters. The van der Waals surface area contributed by atoms with Crippen LogP contribution in [-0.2, 0) is 29.5 Å². The summed E-state index contributed by atoms with van der Waals surface area (Å²) < 4.78 is 23.2. The molecule has 3 atom stereocenters. The van der Waals surface area contributed by atoms with Crippen LogP contribution in [0, 0.1) is 0 Å². The number of hydrogen-bond donors (Lipinski definition) is 1. The van der Waals surface area contributed by atoms with Gasteiger partial charge in [0.1, 0.15) is 29.3 Å². The molecule has 50 heavy (non-hydrogen) atoms. The number of fused-ring (bicyclic) bond motifs is 6. The molecule has 1 N–H and O–H groups in total. The molecule has 0 aliphatic carbocycles. The van der Waals surface area contributed by atoms with E-state index in [-0.39, 0.29) is 16.6 Å². The standard InChI is InChI=1S/C37H41N3O9S/c1-7-8-9-14-29(35(44)46-6)38-33(42)30(21-50-22(2)41)40(5)36(45)47-24-16-18-28-32(20-24)48-31-19-23(39(3)4)15-17-27(31)37(28)26-13-11-10-12-25(26)34(43)49-37/h10-13,15-20,29-30H,7-9,14,21H2,1-6H3,(H,38,42)/t29-,30-,37?/m0/s1. The van der Waals surface area contributed by atoms with Crippen molar-refractivity contribution in [3.63, 3.8) is 0 Å². The SMILES string of the molecule is CCCCC[C@H](NC(=O)[C@H](CSC(C)=O)N(C)C(=O)Oc1ccc2c(c1)Oc1cc(N(C)C)ccc1C21OC(=O)c2ccccc21)C(=O)OC. The van der Waals surface area contributed by atoms with Gasteiger partial charge in [-0.2, -0.15) is 0 Å². The third-order valence-corrected chi connectivity index (χ3v) is 9.68. The summed E-state index contributed by atoms with van der Waals surface area (Å²) in [5.41, 5.74) is 1.84. The highest BCUT2D eigenvalue weighted by Crippen LogP contribution is 2.57. The highest BCUT2D eigenvalue weighted by Gasteiger charge is 2.53. The number of nitrogens with one attached hydrogen (secondary N) is 1. The van der Waals surface area contributed by atoms with Gasteiger partial charge in [0.05, 0.1) is 12.7 Å². The second kappa shape index (κ2) is 15.2.